The molecule has 0 aromatic carbocycles. The molecule has 0 atom stereocenters. The van der Waals surface area contributed by atoms with Crippen molar-refractivity contribution in [3.05, 3.63) is 0 Å². The molecule has 1 heterocycles. The highest BCUT2D eigenvalue weighted by molar-refractivity contribution is 5.77. The SMILES string of the molecule is CN(CCC#N)C(=O)COCC1CCOCC1. The molecular weight excluding hydrogens is 220 g/mol. The zero-order valence-corrected chi connectivity index (χ0v) is 10.4. The van der Waals surface area contributed by atoms with Crippen molar-refractivity contribution in [1.29, 1.82) is 5.26 Å². The largest absolute Gasteiger partial charge is 0.381 e. The van der Waals surface area contributed by atoms with Crippen LogP contribution in [-0.4, -0.2) is 50.8 Å². The van der Waals surface area contributed by atoms with Gasteiger partial charge in [0.05, 0.1) is 19.1 Å². The van der Waals surface area contributed by atoms with Crippen LogP contribution in [0.3, 0.4) is 0 Å². The Hall–Kier alpha value is -1.12. The van der Waals surface area contributed by atoms with Gasteiger partial charge in [-0.25, -0.2) is 0 Å². The van der Waals surface area contributed by atoms with E-state index in [9.17, 15) is 4.79 Å². The summed E-state index contributed by atoms with van der Waals surface area (Å²) in [5, 5.41) is 8.41. The summed E-state index contributed by atoms with van der Waals surface area (Å²) in [6.07, 6.45) is 2.39. The van der Waals surface area contributed by atoms with Gasteiger partial charge in [0.15, 0.2) is 0 Å². The minimum atomic E-state index is -0.0627. The number of ether oxygens (including phenoxy) is 2. The lowest BCUT2D eigenvalue weighted by atomic mass is 10.0. The first-order valence-corrected chi connectivity index (χ1v) is 6.00. The number of amides is 1. The number of hydrogen-bond acceptors (Lipinski definition) is 4. The van der Waals surface area contributed by atoms with Gasteiger partial charge in [0.2, 0.25) is 5.91 Å². The molecule has 0 bridgehead atoms. The van der Waals surface area contributed by atoms with Gasteiger partial charge in [0.25, 0.3) is 0 Å². The third-order valence-electron chi connectivity index (χ3n) is 2.90. The number of nitriles is 1. The molecule has 1 fully saturated rings. The summed E-state index contributed by atoms with van der Waals surface area (Å²) in [6.45, 7) is 2.80. The second-order valence-corrected chi connectivity index (χ2v) is 4.29. The smallest absolute Gasteiger partial charge is 0.248 e. The Bertz CT molecular complexity index is 269. The van der Waals surface area contributed by atoms with Gasteiger partial charge in [-0.05, 0) is 18.8 Å². The third-order valence-corrected chi connectivity index (χ3v) is 2.90. The number of rotatable bonds is 6. The first-order valence-electron chi connectivity index (χ1n) is 6.00. The van der Waals surface area contributed by atoms with Gasteiger partial charge >= 0.3 is 0 Å². The lowest BCUT2D eigenvalue weighted by molar-refractivity contribution is -0.135. The molecule has 96 valence electrons. The van der Waals surface area contributed by atoms with Crippen LogP contribution in [0.2, 0.25) is 0 Å². The third kappa shape index (κ3) is 5.66. The lowest BCUT2D eigenvalue weighted by Crippen LogP contribution is -2.32. The molecule has 0 unspecified atom stereocenters. The van der Waals surface area contributed by atoms with Crippen LogP contribution in [0, 0.1) is 17.2 Å². The maximum atomic E-state index is 11.6. The van der Waals surface area contributed by atoms with Crippen molar-refractivity contribution in [2.75, 3.05) is 40.0 Å². The number of likely N-dealkylation sites (N-methyl/N-ethyl adjacent to an activating group) is 1. The van der Waals surface area contributed by atoms with Crippen LogP contribution in [-0.2, 0) is 14.3 Å². The van der Waals surface area contributed by atoms with E-state index in [0.29, 0.717) is 25.5 Å². The summed E-state index contributed by atoms with van der Waals surface area (Å²) in [7, 11) is 1.69. The van der Waals surface area contributed by atoms with Crippen molar-refractivity contribution >= 4 is 5.91 Å². The molecule has 0 aromatic heterocycles. The van der Waals surface area contributed by atoms with E-state index in [1.54, 1.807) is 7.05 Å². The van der Waals surface area contributed by atoms with E-state index in [2.05, 4.69) is 0 Å². The zero-order chi connectivity index (χ0) is 12.5. The zero-order valence-electron chi connectivity index (χ0n) is 10.4. The van der Waals surface area contributed by atoms with Crippen LogP contribution < -0.4 is 0 Å². The molecule has 1 amide bonds. The average molecular weight is 240 g/mol. The Morgan fingerprint density at radius 1 is 1.53 bits per heavy atom. The highest BCUT2D eigenvalue weighted by Crippen LogP contribution is 2.14. The molecule has 0 aliphatic carbocycles. The minimum Gasteiger partial charge on any atom is -0.381 e. The Morgan fingerprint density at radius 3 is 2.88 bits per heavy atom. The molecule has 1 rings (SSSR count). The summed E-state index contributed by atoms with van der Waals surface area (Å²) in [5.41, 5.74) is 0. The van der Waals surface area contributed by atoms with Gasteiger partial charge < -0.3 is 14.4 Å². The van der Waals surface area contributed by atoms with E-state index in [1.807, 2.05) is 6.07 Å². The van der Waals surface area contributed by atoms with E-state index in [0.717, 1.165) is 26.1 Å². The van der Waals surface area contributed by atoms with Crippen molar-refractivity contribution in [3.63, 3.8) is 0 Å². The maximum Gasteiger partial charge on any atom is 0.248 e. The molecular formula is C12H20N2O3. The summed E-state index contributed by atoms with van der Waals surface area (Å²) in [4.78, 5) is 13.1. The van der Waals surface area contributed by atoms with E-state index >= 15 is 0 Å². The molecule has 0 N–H and O–H groups in total. The van der Waals surface area contributed by atoms with Crippen LogP contribution in [0.1, 0.15) is 19.3 Å². The Morgan fingerprint density at radius 2 is 2.24 bits per heavy atom. The highest BCUT2D eigenvalue weighted by Gasteiger charge is 2.15. The van der Waals surface area contributed by atoms with Crippen LogP contribution >= 0.6 is 0 Å². The number of hydrogen-bond donors (Lipinski definition) is 0. The van der Waals surface area contributed by atoms with E-state index in [1.165, 1.54) is 4.90 Å². The molecule has 0 radical (unpaired) electrons. The second kappa shape index (κ2) is 8.04. The highest BCUT2D eigenvalue weighted by atomic mass is 16.5. The van der Waals surface area contributed by atoms with Crippen molar-refractivity contribution in [3.8, 4) is 6.07 Å². The van der Waals surface area contributed by atoms with Gasteiger partial charge in [-0.3, -0.25) is 4.79 Å². The second-order valence-electron chi connectivity index (χ2n) is 4.29. The molecule has 1 saturated heterocycles. The van der Waals surface area contributed by atoms with Gasteiger partial charge in [0.1, 0.15) is 6.61 Å². The Balaban J connectivity index is 2.08. The van der Waals surface area contributed by atoms with E-state index in [4.69, 9.17) is 14.7 Å². The van der Waals surface area contributed by atoms with Crippen molar-refractivity contribution in [2.45, 2.75) is 19.3 Å². The van der Waals surface area contributed by atoms with Crippen LogP contribution in [0.4, 0.5) is 0 Å². The van der Waals surface area contributed by atoms with Crippen LogP contribution in [0.15, 0.2) is 0 Å². The summed E-state index contributed by atoms with van der Waals surface area (Å²) < 4.78 is 10.7. The van der Waals surface area contributed by atoms with Crippen molar-refractivity contribution in [1.82, 2.24) is 4.90 Å². The van der Waals surface area contributed by atoms with Crippen molar-refractivity contribution < 1.29 is 14.3 Å². The molecule has 0 aromatic rings. The van der Waals surface area contributed by atoms with Gasteiger partial charge in [-0.15, -0.1) is 0 Å². The molecule has 1 aliphatic heterocycles. The first kappa shape index (κ1) is 13.9. The predicted molar refractivity (Wildman–Crippen MR) is 62.2 cm³/mol. The number of carbonyl (C=O) groups excluding carboxylic acids is 1. The number of nitrogens with zero attached hydrogens (tertiary/aromatic N) is 2. The van der Waals surface area contributed by atoms with E-state index in [-0.39, 0.29) is 12.5 Å². The molecule has 5 nitrogen and oxygen atoms in total. The minimum absolute atomic E-state index is 0.0627. The summed E-state index contributed by atoms with van der Waals surface area (Å²) in [5.74, 6) is 0.452. The van der Waals surface area contributed by atoms with Crippen LogP contribution in [0.5, 0.6) is 0 Å². The predicted octanol–water partition coefficient (Wildman–Crippen LogP) is 0.802. The molecule has 5 heteroatoms. The number of carbonyl (C=O) groups is 1. The molecule has 1 aliphatic rings. The van der Waals surface area contributed by atoms with Gasteiger partial charge in [-0.2, -0.15) is 5.26 Å². The lowest BCUT2D eigenvalue weighted by Gasteiger charge is -2.22. The fourth-order valence-electron chi connectivity index (χ4n) is 1.68. The topological polar surface area (TPSA) is 62.6 Å². The van der Waals surface area contributed by atoms with Crippen molar-refractivity contribution in [2.24, 2.45) is 5.92 Å². The Labute approximate surface area is 102 Å². The molecule has 0 spiro atoms. The monoisotopic (exact) mass is 240 g/mol. The average Bonchev–Trinajstić information content (AvgIpc) is 2.37. The summed E-state index contributed by atoms with van der Waals surface area (Å²) >= 11 is 0. The normalized spacial score (nSPS) is 16.5. The molecule has 17 heavy (non-hydrogen) atoms. The fourth-order valence-corrected chi connectivity index (χ4v) is 1.68. The van der Waals surface area contributed by atoms with E-state index < -0.39 is 0 Å². The first-order chi connectivity index (χ1) is 8.24. The van der Waals surface area contributed by atoms with Gasteiger partial charge in [-0.1, -0.05) is 0 Å². The Kier molecular flexibility index (Phi) is 6.60. The molecule has 0 saturated carbocycles. The van der Waals surface area contributed by atoms with Crippen LogP contribution in [0.25, 0.3) is 0 Å². The quantitative estimate of drug-likeness (QED) is 0.689. The van der Waals surface area contributed by atoms with Gasteiger partial charge in [0, 0.05) is 26.8 Å². The fraction of sp³-hybridized carbons (Fsp3) is 0.833. The maximum absolute atomic E-state index is 11.6. The standard InChI is InChI=1S/C12H20N2O3/c1-14(6-2-5-13)12(15)10-17-9-11-3-7-16-8-4-11/h11H,2-4,6-10H2,1H3. The summed E-state index contributed by atoms with van der Waals surface area (Å²) in [6, 6.07) is 2.01.